The van der Waals surface area contributed by atoms with Crippen molar-refractivity contribution in [1.82, 2.24) is 0 Å². The minimum absolute atomic E-state index is 0.0303. The summed E-state index contributed by atoms with van der Waals surface area (Å²) in [6.45, 7) is 4.23. The van der Waals surface area contributed by atoms with Crippen molar-refractivity contribution in [2.75, 3.05) is 26.4 Å². The van der Waals surface area contributed by atoms with Gasteiger partial charge in [-0.3, -0.25) is 23.4 Å². The molecule has 440 valence electrons. The van der Waals surface area contributed by atoms with Gasteiger partial charge in [-0.2, -0.15) is 0 Å². The number of aliphatic hydroxyl groups excluding tert-OH is 1. The van der Waals surface area contributed by atoms with Gasteiger partial charge in [0.25, 0.3) is 0 Å². The van der Waals surface area contributed by atoms with E-state index >= 15 is 0 Å². The molecule has 0 rings (SSSR count). The van der Waals surface area contributed by atoms with Gasteiger partial charge in [0.05, 0.1) is 19.8 Å². The number of phosphoric acid groups is 1. The van der Waals surface area contributed by atoms with Gasteiger partial charge < -0.3 is 24.2 Å². The maximum Gasteiger partial charge on any atom is 0.472 e. The molecule has 3 atom stereocenters. The Morgan fingerprint density at radius 2 is 0.667 bits per heavy atom. The predicted molar refractivity (Wildman–Crippen MR) is 325 cm³/mol. The first kappa shape index (κ1) is 73.4. The highest BCUT2D eigenvalue weighted by Crippen LogP contribution is 2.43. The second-order valence-corrected chi connectivity index (χ2v) is 20.5. The molecule has 12 heteroatoms. The summed E-state index contributed by atoms with van der Waals surface area (Å²) in [5.41, 5.74) is 0. The van der Waals surface area contributed by atoms with Crippen molar-refractivity contribution in [2.24, 2.45) is 0 Å². The van der Waals surface area contributed by atoms with E-state index in [2.05, 4.69) is 142 Å². The number of rotatable bonds is 53. The number of ether oxygens (including phenoxy) is 3. The molecule has 0 bridgehead atoms. The summed E-state index contributed by atoms with van der Waals surface area (Å²) in [5, 5.41) is 9.82. The fourth-order valence-corrected chi connectivity index (χ4v) is 8.13. The third-order valence-electron chi connectivity index (χ3n) is 11.8. The molecule has 0 saturated carbocycles. The summed E-state index contributed by atoms with van der Waals surface area (Å²) in [7, 11) is -4.80. The summed E-state index contributed by atoms with van der Waals surface area (Å²) in [6, 6.07) is 0. The van der Waals surface area contributed by atoms with E-state index in [4.69, 9.17) is 23.3 Å². The Kier molecular flexibility index (Phi) is 55.0. The van der Waals surface area contributed by atoms with E-state index in [0.717, 1.165) is 83.5 Å². The second kappa shape index (κ2) is 58.5. The summed E-state index contributed by atoms with van der Waals surface area (Å²) in [6.07, 6.45) is 75.5. The van der Waals surface area contributed by atoms with Gasteiger partial charge in [-0.05, 0) is 96.3 Å². The first-order valence-electron chi connectivity index (χ1n) is 29.7. The predicted octanol–water partition coefficient (Wildman–Crippen LogP) is 17.9. The minimum atomic E-state index is -4.80. The molecule has 0 saturated heterocycles. The number of carbonyl (C=O) groups excluding carboxylic acids is 3. The Hall–Kier alpha value is -4.64. The number of phosphoric ester groups is 1. The quantitative estimate of drug-likeness (QED) is 0.0197. The van der Waals surface area contributed by atoms with Crippen LogP contribution in [0.3, 0.4) is 0 Å². The molecule has 0 aliphatic carbocycles. The van der Waals surface area contributed by atoms with E-state index in [9.17, 15) is 28.9 Å². The topological polar surface area (TPSA) is 155 Å². The molecular formula is C66H105O11P. The van der Waals surface area contributed by atoms with Gasteiger partial charge in [-0.1, -0.05) is 244 Å². The molecule has 0 fully saturated rings. The maximum absolute atomic E-state index is 12.9. The van der Waals surface area contributed by atoms with E-state index in [1.54, 1.807) is 0 Å². The van der Waals surface area contributed by atoms with Gasteiger partial charge in [-0.15, -0.1) is 0 Å². The summed E-state index contributed by atoms with van der Waals surface area (Å²) < 4.78 is 39.4. The SMILES string of the molecule is CC/C=C\C/C=C\C/C=C\C/C=C\C/C=C\C/C=C\CCC(=O)OC(CO)COP(=O)(O)OCC(COC(=O)CCCCCCCCCCCCCCC)OC(=O)CC/C=C\C/C=C\C/C=C\C/C=C\C/C=C\C/C=C\CC. The fourth-order valence-electron chi connectivity index (χ4n) is 7.35. The van der Waals surface area contributed by atoms with Gasteiger partial charge in [0.2, 0.25) is 0 Å². The Morgan fingerprint density at radius 3 is 1.00 bits per heavy atom. The first-order valence-corrected chi connectivity index (χ1v) is 31.2. The number of carbonyl (C=O) groups is 3. The Morgan fingerprint density at radius 1 is 0.372 bits per heavy atom. The lowest BCUT2D eigenvalue weighted by molar-refractivity contribution is -0.161. The van der Waals surface area contributed by atoms with E-state index in [1.807, 2.05) is 24.3 Å². The van der Waals surface area contributed by atoms with E-state index in [-0.39, 0.29) is 25.9 Å². The van der Waals surface area contributed by atoms with Crippen LogP contribution in [0.15, 0.2) is 146 Å². The Bertz CT molecular complexity index is 1860. The maximum atomic E-state index is 12.9. The van der Waals surface area contributed by atoms with Crippen molar-refractivity contribution >= 4 is 25.7 Å². The Balaban J connectivity index is 4.89. The van der Waals surface area contributed by atoms with Gasteiger partial charge in [0.1, 0.15) is 12.7 Å². The molecule has 0 heterocycles. The number of aliphatic hydroxyl groups is 1. The van der Waals surface area contributed by atoms with Crippen LogP contribution in [0.1, 0.15) is 213 Å². The van der Waals surface area contributed by atoms with Crippen molar-refractivity contribution < 1.29 is 52.2 Å². The summed E-state index contributed by atoms with van der Waals surface area (Å²) in [4.78, 5) is 48.5. The zero-order valence-electron chi connectivity index (χ0n) is 48.6. The zero-order valence-corrected chi connectivity index (χ0v) is 49.5. The number of hydrogen-bond acceptors (Lipinski definition) is 10. The van der Waals surface area contributed by atoms with Crippen LogP contribution in [-0.4, -0.2) is 66.5 Å². The molecule has 0 aliphatic heterocycles. The first-order chi connectivity index (χ1) is 38.2. The molecule has 0 aromatic carbocycles. The lowest BCUT2D eigenvalue weighted by atomic mass is 10.0. The highest BCUT2D eigenvalue weighted by Gasteiger charge is 2.28. The molecule has 3 unspecified atom stereocenters. The fraction of sp³-hybridized carbons (Fsp3) is 0.591. The van der Waals surface area contributed by atoms with Crippen molar-refractivity contribution in [3.05, 3.63) is 146 Å². The largest absolute Gasteiger partial charge is 0.472 e. The molecule has 0 aliphatic rings. The number of allylic oxidation sites excluding steroid dienone is 24. The van der Waals surface area contributed by atoms with Gasteiger partial charge in [0.15, 0.2) is 6.10 Å². The molecule has 2 N–H and O–H groups in total. The van der Waals surface area contributed by atoms with Crippen LogP contribution in [0, 0.1) is 0 Å². The van der Waals surface area contributed by atoms with Crippen molar-refractivity contribution in [2.45, 2.75) is 226 Å². The zero-order chi connectivity index (χ0) is 56.9. The van der Waals surface area contributed by atoms with E-state index in [1.165, 1.54) is 57.8 Å². The summed E-state index contributed by atoms with van der Waals surface area (Å²) in [5.74, 6) is -1.67. The molecule has 0 aromatic rings. The van der Waals surface area contributed by atoms with Crippen molar-refractivity contribution in [3.63, 3.8) is 0 Å². The number of hydrogen-bond donors (Lipinski definition) is 2. The average Bonchev–Trinajstić information content (AvgIpc) is 3.43. The second-order valence-electron chi connectivity index (χ2n) is 19.0. The van der Waals surface area contributed by atoms with Gasteiger partial charge in [0, 0.05) is 19.3 Å². The van der Waals surface area contributed by atoms with Crippen LogP contribution in [0.4, 0.5) is 0 Å². The Labute approximate surface area is 473 Å². The van der Waals surface area contributed by atoms with Crippen LogP contribution in [-0.2, 0) is 42.2 Å². The van der Waals surface area contributed by atoms with Gasteiger partial charge >= 0.3 is 25.7 Å². The van der Waals surface area contributed by atoms with Crippen molar-refractivity contribution in [1.29, 1.82) is 0 Å². The number of esters is 3. The molecule has 0 amide bonds. The normalized spacial score (nSPS) is 14.4. The molecular weight excluding hydrogens is 1000 g/mol. The lowest BCUT2D eigenvalue weighted by Crippen LogP contribution is -2.30. The monoisotopic (exact) mass is 1100 g/mol. The van der Waals surface area contributed by atoms with Gasteiger partial charge in [-0.25, -0.2) is 4.57 Å². The highest BCUT2D eigenvalue weighted by atomic mass is 31.2. The van der Waals surface area contributed by atoms with E-state index < -0.39 is 57.8 Å². The van der Waals surface area contributed by atoms with Crippen LogP contribution >= 0.6 is 7.82 Å². The standard InChI is InChI=1S/C66H105O11P/c1-4-7-10-13-16-19-22-25-27-29-31-33-35-38-41-44-47-50-53-56-65(69)76-62(58-67)60-74-78(71,72)75-61-63(59-73-64(68)55-52-49-46-43-40-37-24-21-18-15-12-9-6-3)77-66(70)57-54-51-48-45-42-39-36-34-32-30-28-26-23-20-17-14-11-8-5-2/h7-8,10-11,16-17,19-20,25-28,31-34,38-39,41-42,47-48,50-51,62-63,67H,4-6,9,12-15,18,21-24,29-30,35-37,40,43-46,49,52-61H2,1-3H3,(H,71,72)/b10-7-,11-8-,19-16-,20-17-,27-25-,28-26-,33-31-,34-32-,41-38-,42-39-,50-47-,51-48-. The molecule has 11 nitrogen and oxygen atoms in total. The smallest absolute Gasteiger partial charge is 0.462 e. The lowest BCUT2D eigenvalue weighted by Gasteiger charge is -2.21. The van der Waals surface area contributed by atoms with Crippen molar-refractivity contribution in [3.8, 4) is 0 Å². The van der Waals surface area contributed by atoms with Crippen LogP contribution in [0.2, 0.25) is 0 Å². The third kappa shape index (κ3) is 56.1. The third-order valence-corrected chi connectivity index (χ3v) is 12.7. The molecule has 0 spiro atoms. The molecule has 0 aromatic heterocycles. The average molecular weight is 1110 g/mol. The van der Waals surface area contributed by atoms with Crippen LogP contribution in [0.5, 0.6) is 0 Å². The van der Waals surface area contributed by atoms with E-state index in [0.29, 0.717) is 32.1 Å². The minimum Gasteiger partial charge on any atom is -0.462 e. The molecule has 78 heavy (non-hydrogen) atoms. The van der Waals surface area contributed by atoms with Crippen LogP contribution < -0.4 is 0 Å². The highest BCUT2D eigenvalue weighted by molar-refractivity contribution is 7.47. The number of unbranched alkanes of at least 4 members (excludes halogenated alkanes) is 12. The molecule has 0 radical (unpaired) electrons. The summed E-state index contributed by atoms with van der Waals surface area (Å²) >= 11 is 0. The van der Waals surface area contributed by atoms with Crippen LogP contribution in [0.25, 0.3) is 0 Å².